The van der Waals surface area contributed by atoms with Crippen molar-refractivity contribution >= 4 is 11.7 Å². The molecule has 4 heteroatoms. The molecule has 0 saturated carbocycles. The van der Waals surface area contributed by atoms with Crippen LogP contribution in [-0.4, -0.2) is 12.6 Å². The number of nitrogens with one attached hydrogen (secondary N) is 2. The number of hydrogen-bond donors (Lipinski definition) is 2. The van der Waals surface area contributed by atoms with E-state index in [-0.39, 0.29) is 12.1 Å². The number of ether oxygens (including phenoxy) is 1. The van der Waals surface area contributed by atoms with E-state index in [0.29, 0.717) is 6.61 Å². The molecule has 0 spiro atoms. The standard InChI is InChI=1S/C17H18N2O2/c1-12-6-2-4-8-14(12)18-17(20)19-15-10-11-21-16-9-5-3-7-13(15)16/h2-9,15H,10-11H2,1H3,(H2,18,19,20). The van der Waals surface area contributed by atoms with E-state index in [1.807, 2.05) is 55.5 Å². The number of benzene rings is 2. The molecule has 4 nitrogen and oxygen atoms in total. The first-order valence-corrected chi connectivity index (χ1v) is 7.09. The first-order chi connectivity index (χ1) is 10.2. The van der Waals surface area contributed by atoms with E-state index in [1.54, 1.807) is 0 Å². The van der Waals surface area contributed by atoms with Crippen molar-refractivity contribution in [1.29, 1.82) is 0 Å². The number of anilines is 1. The molecule has 0 aromatic heterocycles. The SMILES string of the molecule is Cc1ccccc1NC(=O)NC1CCOc2ccccc21. The lowest BCUT2D eigenvalue weighted by molar-refractivity contribution is 0.232. The minimum Gasteiger partial charge on any atom is -0.493 e. The van der Waals surface area contributed by atoms with Crippen LogP contribution in [0.5, 0.6) is 5.75 Å². The van der Waals surface area contributed by atoms with E-state index in [2.05, 4.69) is 10.6 Å². The number of urea groups is 1. The Bertz CT molecular complexity index is 655. The van der Waals surface area contributed by atoms with Crippen LogP contribution in [0, 0.1) is 6.92 Å². The second kappa shape index (κ2) is 5.87. The van der Waals surface area contributed by atoms with Gasteiger partial charge in [0.25, 0.3) is 0 Å². The molecule has 2 N–H and O–H groups in total. The zero-order valence-electron chi connectivity index (χ0n) is 11.9. The molecule has 0 fully saturated rings. The van der Waals surface area contributed by atoms with E-state index < -0.39 is 0 Å². The third-order valence-electron chi connectivity index (χ3n) is 3.66. The van der Waals surface area contributed by atoms with Crippen molar-refractivity contribution in [2.75, 3.05) is 11.9 Å². The predicted molar refractivity (Wildman–Crippen MR) is 82.6 cm³/mol. The molecule has 1 atom stereocenters. The van der Waals surface area contributed by atoms with Gasteiger partial charge in [0.05, 0.1) is 12.6 Å². The van der Waals surface area contributed by atoms with Gasteiger partial charge >= 0.3 is 6.03 Å². The van der Waals surface area contributed by atoms with Crippen LogP contribution in [0.4, 0.5) is 10.5 Å². The molecule has 2 aromatic rings. The summed E-state index contributed by atoms with van der Waals surface area (Å²) in [7, 11) is 0. The normalized spacial score (nSPS) is 16.5. The van der Waals surface area contributed by atoms with E-state index in [0.717, 1.165) is 29.0 Å². The summed E-state index contributed by atoms with van der Waals surface area (Å²) in [6, 6.07) is 15.3. The van der Waals surface area contributed by atoms with Gasteiger partial charge in [-0.25, -0.2) is 4.79 Å². The minimum absolute atomic E-state index is 0.0148. The van der Waals surface area contributed by atoms with Gasteiger partial charge in [0.15, 0.2) is 0 Å². The molecular formula is C17H18N2O2. The van der Waals surface area contributed by atoms with E-state index >= 15 is 0 Å². The Morgan fingerprint density at radius 3 is 2.76 bits per heavy atom. The molecule has 0 aliphatic carbocycles. The van der Waals surface area contributed by atoms with E-state index in [1.165, 1.54) is 0 Å². The number of carbonyl (C=O) groups is 1. The lowest BCUT2D eigenvalue weighted by atomic mass is 10.0. The van der Waals surface area contributed by atoms with Crippen LogP contribution >= 0.6 is 0 Å². The van der Waals surface area contributed by atoms with Crippen molar-refractivity contribution in [3.05, 3.63) is 59.7 Å². The molecule has 2 amide bonds. The fourth-order valence-corrected chi connectivity index (χ4v) is 2.52. The average molecular weight is 282 g/mol. The largest absolute Gasteiger partial charge is 0.493 e. The fraction of sp³-hybridized carbons (Fsp3) is 0.235. The number of carbonyl (C=O) groups excluding carboxylic acids is 1. The Morgan fingerprint density at radius 2 is 1.90 bits per heavy atom. The van der Waals surface area contributed by atoms with E-state index in [9.17, 15) is 4.79 Å². The number of rotatable bonds is 2. The zero-order chi connectivity index (χ0) is 14.7. The maximum atomic E-state index is 12.2. The second-order valence-electron chi connectivity index (χ2n) is 5.14. The van der Waals surface area contributed by atoms with Crippen molar-refractivity contribution in [2.24, 2.45) is 0 Å². The maximum absolute atomic E-state index is 12.2. The highest BCUT2D eigenvalue weighted by molar-refractivity contribution is 5.90. The van der Waals surface area contributed by atoms with Crippen molar-refractivity contribution in [3.63, 3.8) is 0 Å². The molecule has 2 aromatic carbocycles. The molecular weight excluding hydrogens is 264 g/mol. The Balaban J connectivity index is 1.70. The number of hydrogen-bond acceptors (Lipinski definition) is 2. The molecule has 1 aliphatic rings. The van der Waals surface area contributed by atoms with Gasteiger partial charge in [0, 0.05) is 17.7 Å². The average Bonchev–Trinajstić information content (AvgIpc) is 2.50. The van der Waals surface area contributed by atoms with Gasteiger partial charge in [-0.15, -0.1) is 0 Å². The topological polar surface area (TPSA) is 50.4 Å². The van der Waals surface area contributed by atoms with Gasteiger partial charge in [-0.05, 0) is 24.6 Å². The summed E-state index contributed by atoms with van der Waals surface area (Å²) >= 11 is 0. The van der Waals surface area contributed by atoms with Gasteiger partial charge in [-0.3, -0.25) is 0 Å². The van der Waals surface area contributed by atoms with Crippen molar-refractivity contribution in [3.8, 4) is 5.75 Å². The highest BCUT2D eigenvalue weighted by atomic mass is 16.5. The van der Waals surface area contributed by atoms with Crippen LogP contribution in [0.2, 0.25) is 0 Å². The number of para-hydroxylation sites is 2. The Labute approximate surface area is 124 Å². The van der Waals surface area contributed by atoms with Crippen LogP contribution < -0.4 is 15.4 Å². The number of amides is 2. The summed E-state index contributed by atoms with van der Waals surface area (Å²) < 4.78 is 5.60. The van der Waals surface area contributed by atoms with Crippen LogP contribution in [0.1, 0.15) is 23.6 Å². The van der Waals surface area contributed by atoms with E-state index in [4.69, 9.17) is 4.74 Å². The predicted octanol–water partition coefficient (Wildman–Crippen LogP) is 3.64. The molecule has 3 rings (SSSR count). The second-order valence-corrected chi connectivity index (χ2v) is 5.14. The molecule has 0 bridgehead atoms. The van der Waals surface area contributed by atoms with Crippen LogP contribution in [-0.2, 0) is 0 Å². The van der Waals surface area contributed by atoms with Crippen LogP contribution in [0.3, 0.4) is 0 Å². The summed E-state index contributed by atoms with van der Waals surface area (Å²) in [5, 5.41) is 5.92. The first-order valence-electron chi connectivity index (χ1n) is 7.09. The van der Waals surface area contributed by atoms with Crippen LogP contribution in [0.25, 0.3) is 0 Å². The Hall–Kier alpha value is -2.49. The maximum Gasteiger partial charge on any atom is 0.319 e. The molecule has 0 radical (unpaired) electrons. The molecule has 21 heavy (non-hydrogen) atoms. The highest BCUT2D eigenvalue weighted by Crippen LogP contribution is 2.31. The van der Waals surface area contributed by atoms with Gasteiger partial charge in [-0.2, -0.15) is 0 Å². The van der Waals surface area contributed by atoms with Crippen LogP contribution in [0.15, 0.2) is 48.5 Å². The first kappa shape index (κ1) is 13.5. The molecule has 0 saturated heterocycles. The fourth-order valence-electron chi connectivity index (χ4n) is 2.52. The van der Waals surface area contributed by atoms with Gasteiger partial charge in [-0.1, -0.05) is 36.4 Å². The highest BCUT2D eigenvalue weighted by Gasteiger charge is 2.22. The zero-order valence-corrected chi connectivity index (χ0v) is 11.9. The van der Waals surface area contributed by atoms with Crippen molar-refractivity contribution in [1.82, 2.24) is 5.32 Å². The molecule has 1 heterocycles. The minimum atomic E-state index is -0.189. The van der Waals surface area contributed by atoms with Crippen molar-refractivity contribution in [2.45, 2.75) is 19.4 Å². The molecule has 1 unspecified atom stereocenters. The molecule has 1 aliphatic heterocycles. The quantitative estimate of drug-likeness (QED) is 0.883. The number of fused-ring (bicyclic) bond motifs is 1. The molecule has 108 valence electrons. The summed E-state index contributed by atoms with van der Waals surface area (Å²) in [6.07, 6.45) is 0.776. The summed E-state index contributed by atoms with van der Waals surface area (Å²) in [5.74, 6) is 0.852. The van der Waals surface area contributed by atoms with Gasteiger partial charge in [0.1, 0.15) is 5.75 Å². The third kappa shape index (κ3) is 2.99. The number of aryl methyl sites for hydroxylation is 1. The Kier molecular flexibility index (Phi) is 3.77. The van der Waals surface area contributed by atoms with Crippen molar-refractivity contribution < 1.29 is 9.53 Å². The third-order valence-corrected chi connectivity index (χ3v) is 3.66. The lowest BCUT2D eigenvalue weighted by Crippen LogP contribution is -2.35. The van der Waals surface area contributed by atoms with Gasteiger partial charge in [0.2, 0.25) is 0 Å². The Morgan fingerprint density at radius 1 is 1.14 bits per heavy atom. The monoisotopic (exact) mass is 282 g/mol. The van der Waals surface area contributed by atoms with Gasteiger partial charge < -0.3 is 15.4 Å². The summed E-state index contributed by atoms with van der Waals surface area (Å²) in [5.41, 5.74) is 2.90. The smallest absolute Gasteiger partial charge is 0.319 e. The summed E-state index contributed by atoms with van der Waals surface area (Å²) in [4.78, 5) is 12.2. The summed E-state index contributed by atoms with van der Waals surface area (Å²) in [6.45, 7) is 2.59. The lowest BCUT2D eigenvalue weighted by Gasteiger charge is -2.26.